The molecule has 0 saturated carbocycles. The number of nitrogens with one attached hydrogen (secondary N) is 2. The van der Waals surface area contributed by atoms with Gasteiger partial charge in [0.05, 0.1) is 0 Å². The van der Waals surface area contributed by atoms with Gasteiger partial charge in [-0.1, -0.05) is 13.8 Å². The van der Waals surface area contributed by atoms with E-state index >= 15 is 0 Å². The van der Waals surface area contributed by atoms with Crippen LogP contribution in [-0.2, 0) is 11.2 Å². The maximum Gasteiger partial charge on any atom is 0.255 e. The van der Waals surface area contributed by atoms with Crippen molar-refractivity contribution in [2.24, 2.45) is 5.92 Å². The molecule has 1 heterocycles. The minimum absolute atomic E-state index is 0.00842. The van der Waals surface area contributed by atoms with E-state index in [0.717, 1.165) is 23.2 Å². The van der Waals surface area contributed by atoms with Crippen molar-refractivity contribution in [1.29, 1.82) is 0 Å². The summed E-state index contributed by atoms with van der Waals surface area (Å²) in [6, 6.07) is 10.6. The number of nitrogens with zero attached hydrogens (tertiary/aromatic N) is 1. The third kappa shape index (κ3) is 4.65. The smallest absolute Gasteiger partial charge is 0.255 e. The van der Waals surface area contributed by atoms with E-state index in [9.17, 15) is 14.4 Å². The zero-order valence-electron chi connectivity index (χ0n) is 17.3. The summed E-state index contributed by atoms with van der Waals surface area (Å²) in [5.74, 6) is 0.0602. The first-order valence-corrected chi connectivity index (χ1v) is 9.87. The van der Waals surface area contributed by atoms with Crippen LogP contribution in [-0.4, -0.2) is 30.8 Å². The average molecular weight is 393 g/mol. The molecule has 1 aliphatic heterocycles. The molecule has 1 aliphatic rings. The predicted octanol–water partition coefficient (Wildman–Crippen LogP) is 3.54. The summed E-state index contributed by atoms with van der Waals surface area (Å²) < 4.78 is 0. The predicted molar refractivity (Wildman–Crippen MR) is 114 cm³/mol. The lowest BCUT2D eigenvalue weighted by Crippen LogP contribution is -2.27. The normalized spacial score (nSPS) is 12.7. The summed E-state index contributed by atoms with van der Waals surface area (Å²) in [4.78, 5) is 38.3. The fourth-order valence-corrected chi connectivity index (χ4v) is 3.41. The van der Waals surface area contributed by atoms with E-state index < -0.39 is 0 Å². The Labute approximate surface area is 171 Å². The van der Waals surface area contributed by atoms with Gasteiger partial charge in [0.25, 0.3) is 11.8 Å². The lowest BCUT2D eigenvalue weighted by molar-refractivity contribution is -0.116. The SMILES string of the molecule is CC(=O)N1CCc2cc(C(=O)Nc3ccc(C(=O)NCC(C)C)cc3C)ccc21. The summed E-state index contributed by atoms with van der Waals surface area (Å²) in [6.07, 6.45) is 0.745. The van der Waals surface area contributed by atoms with Crippen molar-refractivity contribution in [1.82, 2.24) is 5.32 Å². The standard InChI is InChI=1S/C23H27N3O3/c1-14(2)13-24-22(28)18-5-7-20(15(3)11-18)25-23(29)19-6-8-21-17(12-19)9-10-26(21)16(4)27/h5-8,11-12,14H,9-10,13H2,1-4H3,(H,24,28)(H,25,29). The Balaban J connectivity index is 1.71. The second-order valence-corrected chi connectivity index (χ2v) is 7.85. The van der Waals surface area contributed by atoms with Gasteiger partial charge >= 0.3 is 0 Å². The van der Waals surface area contributed by atoms with Gasteiger partial charge in [0.2, 0.25) is 5.91 Å². The molecule has 0 aromatic heterocycles. The van der Waals surface area contributed by atoms with Crippen LogP contribution in [0, 0.1) is 12.8 Å². The number of aryl methyl sites for hydroxylation is 1. The van der Waals surface area contributed by atoms with Gasteiger partial charge in [-0.2, -0.15) is 0 Å². The van der Waals surface area contributed by atoms with Crippen molar-refractivity contribution in [3.8, 4) is 0 Å². The summed E-state index contributed by atoms with van der Waals surface area (Å²) in [6.45, 7) is 8.76. The number of carbonyl (C=O) groups is 3. The van der Waals surface area contributed by atoms with Crippen molar-refractivity contribution in [3.63, 3.8) is 0 Å². The van der Waals surface area contributed by atoms with E-state index in [2.05, 4.69) is 10.6 Å². The lowest BCUT2D eigenvalue weighted by atomic mass is 10.1. The summed E-state index contributed by atoms with van der Waals surface area (Å²) >= 11 is 0. The highest BCUT2D eigenvalue weighted by atomic mass is 16.2. The number of rotatable bonds is 5. The molecule has 0 unspecified atom stereocenters. The Morgan fingerprint density at radius 2 is 1.72 bits per heavy atom. The zero-order valence-corrected chi connectivity index (χ0v) is 17.3. The molecule has 0 aliphatic carbocycles. The Bertz CT molecular complexity index is 966. The van der Waals surface area contributed by atoms with E-state index in [1.807, 2.05) is 32.9 Å². The largest absolute Gasteiger partial charge is 0.352 e. The van der Waals surface area contributed by atoms with Crippen LogP contribution in [0.3, 0.4) is 0 Å². The topological polar surface area (TPSA) is 78.5 Å². The summed E-state index contributed by atoms with van der Waals surface area (Å²) in [5, 5.41) is 5.81. The monoisotopic (exact) mass is 393 g/mol. The molecule has 3 rings (SSSR count). The van der Waals surface area contributed by atoms with Crippen LogP contribution in [0.25, 0.3) is 0 Å². The molecule has 29 heavy (non-hydrogen) atoms. The van der Waals surface area contributed by atoms with Gasteiger partial charge in [-0.15, -0.1) is 0 Å². The number of benzene rings is 2. The number of anilines is 2. The molecule has 0 atom stereocenters. The van der Waals surface area contributed by atoms with E-state index in [0.29, 0.717) is 35.8 Å². The molecule has 0 spiro atoms. The van der Waals surface area contributed by atoms with Crippen molar-refractivity contribution in [3.05, 3.63) is 58.7 Å². The van der Waals surface area contributed by atoms with E-state index in [-0.39, 0.29) is 17.7 Å². The van der Waals surface area contributed by atoms with Crippen LogP contribution >= 0.6 is 0 Å². The van der Waals surface area contributed by atoms with Gasteiger partial charge in [0.15, 0.2) is 0 Å². The molecule has 0 fully saturated rings. The maximum atomic E-state index is 12.7. The van der Waals surface area contributed by atoms with Gasteiger partial charge in [-0.05, 0) is 66.8 Å². The van der Waals surface area contributed by atoms with Crippen LogP contribution in [0.4, 0.5) is 11.4 Å². The summed E-state index contributed by atoms with van der Waals surface area (Å²) in [7, 11) is 0. The highest BCUT2D eigenvalue weighted by Gasteiger charge is 2.23. The fourth-order valence-electron chi connectivity index (χ4n) is 3.41. The van der Waals surface area contributed by atoms with Crippen molar-refractivity contribution in [2.45, 2.75) is 34.1 Å². The maximum absolute atomic E-state index is 12.7. The molecule has 2 aromatic carbocycles. The lowest BCUT2D eigenvalue weighted by Gasteiger charge is -2.15. The quantitative estimate of drug-likeness (QED) is 0.816. The molecule has 3 amide bonds. The number of fused-ring (bicyclic) bond motifs is 1. The Morgan fingerprint density at radius 3 is 2.38 bits per heavy atom. The number of amides is 3. The minimum Gasteiger partial charge on any atom is -0.352 e. The fraction of sp³-hybridized carbons (Fsp3) is 0.348. The third-order valence-corrected chi connectivity index (χ3v) is 5.03. The molecule has 152 valence electrons. The number of hydrogen-bond acceptors (Lipinski definition) is 3. The molecule has 0 bridgehead atoms. The van der Waals surface area contributed by atoms with E-state index in [1.54, 1.807) is 36.1 Å². The van der Waals surface area contributed by atoms with Crippen LogP contribution in [0.1, 0.15) is 52.6 Å². The number of hydrogen-bond donors (Lipinski definition) is 2. The van der Waals surface area contributed by atoms with Gasteiger partial charge < -0.3 is 15.5 Å². The zero-order chi connectivity index (χ0) is 21.1. The number of carbonyl (C=O) groups excluding carboxylic acids is 3. The van der Waals surface area contributed by atoms with Gasteiger partial charge in [0.1, 0.15) is 0 Å². The average Bonchev–Trinajstić information content (AvgIpc) is 3.11. The minimum atomic E-state index is -0.214. The van der Waals surface area contributed by atoms with Crippen LogP contribution < -0.4 is 15.5 Å². The molecular formula is C23H27N3O3. The molecule has 2 N–H and O–H groups in total. The summed E-state index contributed by atoms with van der Waals surface area (Å²) in [5.41, 5.74) is 4.49. The molecular weight excluding hydrogens is 366 g/mol. The van der Waals surface area contributed by atoms with Crippen molar-refractivity contribution < 1.29 is 14.4 Å². The van der Waals surface area contributed by atoms with Crippen LogP contribution in [0.15, 0.2) is 36.4 Å². The molecule has 2 aromatic rings. The van der Waals surface area contributed by atoms with Gasteiger partial charge in [0, 0.05) is 42.5 Å². The Kier molecular flexibility index (Phi) is 6.01. The molecule has 6 nitrogen and oxygen atoms in total. The van der Waals surface area contributed by atoms with Gasteiger partial charge in [-0.25, -0.2) is 0 Å². The Hall–Kier alpha value is -3.15. The third-order valence-electron chi connectivity index (χ3n) is 5.03. The van der Waals surface area contributed by atoms with Crippen molar-refractivity contribution in [2.75, 3.05) is 23.3 Å². The second-order valence-electron chi connectivity index (χ2n) is 7.85. The van der Waals surface area contributed by atoms with E-state index in [4.69, 9.17) is 0 Å². The molecule has 0 saturated heterocycles. The molecule has 6 heteroatoms. The second kappa shape index (κ2) is 8.47. The highest BCUT2D eigenvalue weighted by molar-refractivity contribution is 6.06. The highest BCUT2D eigenvalue weighted by Crippen LogP contribution is 2.29. The molecule has 0 radical (unpaired) electrons. The first kappa shape index (κ1) is 20.6. The Morgan fingerprint density at radius 1 is 1.03 bits per heavy atom. The first-order valence-electron chi connectivity index (χ1n) is 9.87. The van der Waals surface area contributed by atoms with Gasteiger partial charge in [-0.3, -0.25) is 14.4 Å². The van der Waals surface area contributed by atoms with Crippen molar-refractivity contribution >= 4 is 29.1 Å². The van der Waals surface area contributed by atoms with Crippen LogP contribution in [0.5, 0.6) is 0 Å². The first-order chi connectivity index (χ1) is 13.8. The van der Waals surface area contributed by atoms with E-state index in [1.165, 1.54) is 0 Å². The van der Waals surface area contributed by atoms with Crippen LogP contribution in [0.2, 0.25) is 0 Å².